The summed E-state index contributed by atoms with van der Waals surface area (Å²) in [6.45, 7) is 20.9. The van der Waals surface area contributed by atoms with Crippen LogP contribution in [0.25, 0.3) is 11.5 Å². The van der Waals surface area contributed by atoms with E-state index in [0.717, 1.165) is 106 Å². The maximum atomic E-state index is 12.5. The van der Waals surface area contributed by atoms with Gasteiger partial charge in [-0.05, 0) is 263 Å². The van der Waals surface area contributed by atoms with Crippen LogP contribution >= 0.6 is 127 Å². The van der Waals surface area contributed by atoms with Gasteiger partial charge in [0.05, 0.1) is 80.2 Å². The molecule has 0 amide bonds. The van der Waals surface area contributed by atoms with Crippen LogP contribution in [0.1, 0.15) is 189 Å². The molecular weight excluding hydrogens is 2220 g/mol. The summed E-state index contributed by atoms with van der Waals surface area (Å²) in [4.78, 5) is 89.6. The number of aromatic carboxylic acids is 1. The van der Waals surface area contributed by atoms with E-state index in [2.05, 4.69) is 102 Å². The second kappa shape index (κ2) is 60.0. The number of aliphatic hydroxyl groups is 1. The molecule has 0 spiro atoms. The van der Waals surface area contributed by atoms with E-state index in [1.807, 2.05) is 215 Å². The van der Waals surface area contributed by atoms with Crippen LogP contribution in [-0.4, -0.2) is 148 Å². The van der Waals surface area contributed by atoms with Gasteiger partial charge in [-0.15, -0.1) is 0 Å². The molecule has 6 aromatic carbocycles. The number of halogens is 10. The number of hydrogen-bond donors (Lipinski definition) is 3. The number of nitrogens with zero attached hydrogens (tertiary/aromatic N) is 18. The fourth-order valence-electron chi connectivity index (χ4n) is 14.4. The number of aldehydes is 1. The van der Waals surface area contributed by atoms with Crippen LogP contribution < -0.4 is 5.73 Å². The number of rotatable bonds is 24. The van der Waals surface area contributed by atoms with Crippen LogP contribution in [-0.2, 0) is 71.3 Å². The van der Waals surface area contributed by atoms with E-state index in [1.165, 1.54) is 70.9 Å². The number of nitrogens with two attached hydrogens (primary N) is 1. The molecule has 4 N–H and O–H groups in total. The molecule has 767 valence electrons. The number of aromatic nitrogens is 18. The van der Waals surface area contributed by atoms with Crippen LogP contribution in [0, 0.1) is 56.9 Å². The second-order valence-electron chi connectivity index (χ2n) is 32.8. The Kier molecular flexibility index (Phi) is 48.1. The van der Waals surface area contributed by atoms with Crippen molar-refractivity contribution in [2.45, 2.75) is 139 Å². The zero-order valence-corrected chi connectivity index (χ0v) is 91.0. The van der Waals surface area contributed by atoms with Crippen molar-refractivity contribution in [1.82, 2.24) is 88.6 Å². The van der Waals surface area contributed by atoms with Gasteiger partial charge in [-0.1, -0.05) is 197 Å². The van der Waals surface area contributed by atoms with Gasteiger partial charge < -0.3 is 29.5 Å². The number of aryl methyl sites for hydroxylation is 6. The average Bonchev–Trinajstić information content (AvgIpc) is 1.68. The van der Waals surface area contributed by atoms with Gasteiger partial charge in [0.1, 0.15) is 63.4 Å². The number of carboxylic acids is 1. The minimum absolute atomic E-state index is 0.0597. The summed E-state index contributed by atoms with van der Waals surface area (Å²) in [6, 6.07) is 63.5. The van der Waals surface area contributed by atoms with E-state index in [-0.39, 0.29) is 51.1 Å². The molecule has 1 fully saturated rings. The number of furan rings is 2. The quantitative estimate of drug-likeness (QED) is 0.00962. The fraction of sp³-hybridized carbons (Fsp3) is 0.231. The number of Topliss-reactive ketones (excluding diaryl/α,β-unsaturated/α-hetero) is 2. The van der Waals surface area contributed by atoms with Crippen LogP contribution in [0.3, 0.4) is 0 Å². The Morgan fingerprint density at radius 1 is 0.490 bits per heavy atom. The Labute approximate surface area is 912 Å². The molecular formula is C104H101Cl9IMnN19O13. The predicted molar refractivity (Wildman–Crippen MR) is 568 cm³/mol. The molecule has 0 saturated heterocycles. The normalized spacial score (nSPS) is 12.6. The molecule has 0 radical (unpaired) electrons. The van der Waals surface area contributed by atoms with Gasteiger partial charge in [-0.3, -0.25) is 47.3 Å². The van der Waals surface area contributed by atoms with Crippen LogP contribution in [0.2, 0.25) is 45.6 Å². The van der Waals surface area contributed by atoms with E-state index in [1.54, 1.807) is 73.7 Å². The molecule has 0 aliphatic heterocycles. The first-order chi connectivity index (χ1) is 70.3. The van der Waals surface area contributed by atoms with E-state index >= 15 is 0 Å². The number of carboxylic acid groups (broad SMARTS) is 1. The average molecular weight is 2330 g/mol. The van der Waals surface area contributed by atoms with E-state index in [0.29, 0.717) is 104 Å². The van der Waals surface area contributed by atoms with Crippen molar-refractivity contribution in [3.05, 3.63) is 418 Å². The molecule has 1 aliphatic carbocycles. The molecule has 43 heteroatoms. The number of benzene rings is 6. The Morgan fingerprint density at radius 3 is 1.25 bits per heavy atom. The maximum absolute atomic E-state index is 12.5. The van der Waals surface area contributed by atoms with Gasteiger partial charge in [0.15, 0.2) is 29.2 Å². The van der Waals surface area contributed by atoms with Crippen molar-refractivity contribution < 1.29 is 75.0 Å². The second-order valence-corrected chi connectivity index (χ2v) is 37.9. The SMILES string of the molecule is CC(=O)CC(=O)c1ccco1.CC[C@H]1C[C@@H](N)C[C@@H]1C.COC(=O)c1cc(C)n(Cc2cccc(Cl)c2)n1.Cc1cc(-c2ccco2)nn1Cc1cccc(Cl)c1.Cc1cc(C(=O)O)nn1Cc1cccc(Cl)c1.Cc1cc(C(=O)c2cncnc2Cl)nn1Cc1cccc(Cl)c1.Cc1cc(C(O)c2cncnc2Cl)nn1Cc1cccc(Cl)c1.Cc1cc(C=O)nn1Cc1cccc(Cl)c1.Clc1ncncc1I.[O]=[Mn]=[O]. The summed E-state index contributed by atoms with van der Waals surface area (Å²) < 4.78 is 43.2. The molecule has 4 atom stereocenters. The molecule has 18 rings (SSSR count). The number of ether oxygens (including phenoxy) is 1. The molecule has 1 unspecified atom stereocenters. The van der Waals surface area contributed by atoms with Crippen molar-refractivity contribution in [3.8, 4) is 11.5 Å². The standard InChI is InChI=1S/C16H14Cl2N4O.C16H12Cl2N4O.C15H13ClN2O.C13H13ClN2O2.C12H11ClN2O2.C12H11ClN2O.C8H17N.C8H8O3.C4H2ClIN2.Mn.2O/c2*1-10-5-14(15(23)13-7-19-9-20-16(13)18)21-22(10)8-11-3-2-4-12(17)6-11;1-11-8-14(15-6-3-7-19-15)17-18(11)10-12-4-2-5-13(16)9-12;1-9-6-12(13(17)18-2)15-16(9)8-10-4-3-5-11(14)7-10;1-8-5-11(12(16)17)14-15(8)7-9-3-2-4-10(13)6-9;1-9-5-12(8-16)14-15(9)7-10-3-2-4-11(13)6-10;1-3-7-5-8(9)4-6(7)2;1-6(9)5-7(10)8-3-2-4-11-8;5-4-3(6)1-7-2-8-4;;;/h2-7,9,15,23H,8H2,1H3;2-7,9H,8H2,1H3;2-9H,10H2,1H3;3-7H,8H2,1-2H3;2-6H,7H2,1H3,(H,16,17);2-6,8H,7H2,1H3;6-8H,3-5,9H2,1-2H3;2-4H,5H2,1H3;1-2H;;;/t;;;;;;6-,7-,8-;;;;;/m......0...../s1. The molecule has 147 heavy (non-hydrogen) atoms. The first-order valence-corrected chi connectivity index (χ1v) is 50.3. The molecule has 11 aromatic heterocycles. The number of carbonyl (C=O) groups is 6. The van der Waals surface area contributed by atoms with E-state index < -0.39 is 32.9 Å². The van der Waals surface area contributed by atoms with Crippen molar-refractivity contribution in [3.63, 3.8) is 0 Å². The Bertz CT molecular complexity index is 7240. The first kappa shape index (κ1) is 118. The minimum atomic E-state index is -1.44. The summed E-state index contributed by atoms with van der Waals surface area (Å²) in [5.41, 5.74) is 20.7. The first-order valence-electron chi connectivity index (χ1n) is 44.8. The van der Waals surface area contributed by atoms with Gasteiger partial charge >= 0.3 is 34.4 Å². The summed E-state index contributed by atoms with van der Waals surface area (Å²) >= 11 is 53.8. The molecule has 1 saturated carbocycles. The third-order valence-electron chi connectivity index (χ3n) is 21.6. The van der Waals surface area contributed by atoms with E-state index in [4.69, 9.17) is 132 Å². The zero-order chi connectivity index (χ0) is 107. The number of methoxy groups -OCH3 is 1. The van der Waals surface area contributed by atoms with Gasteiger partial charge in [0.25, 0.3) is 0 Å². The van der Waals surface area contributed by atoms with Crippen molar-refractivity contribution >= 4 is 163 Å². The van der Waals surface area contributed by atoms with Gasteiger partial charge in [-0.25, -0.2) is 39.5 Å². The van der Waals surface area contributed by atoms with Crippen LogP contribution in [0.4, 0.5) is 0 Å². The molecule has 32 nitrogen and oxygen atoms in total. The molecule has 1 aliphatic rings. The van der Waals surface area contributed by atoms with Gasteiger partial charge in [0.2, 0.25) is 11.6 Å². The van der Waals surface area contributed by atoms with Gasteiger partial charge in [0, 0.05) is 94.5 Å². The third-order valence-corrected chi connectivity index (χ3v) is 25.0. The predicted octanol–water partition coefficient (Wildman–Crippen LogP) is 23.8. The van der Waals surface area contributed by atoms with E-state index in [9.17, 15) is 33.9 Å². The molecule has 17 aromatic rings. The topological polar surface area (TPSA) is 423 Å². The fourth-order valence-corrected chi connectivity index (χ4v) is 16.4. The number of ketones is 3. The Hall–Kier alpha value is -12.6. The van der Waals surface area contributed by atoms with Crippen molar-refractivity contribution in [2.75, 3.05) is 7.11 Å². The summed E-state index contributed by atoms with van der Waals surface area (Å²) in [5, 5.41) is 50.0. The molecule has 11 heterocycles. The van der Waals surface area contributed by atoms with Crippen LogP contribution in [0.5, 0.6) is 0 Å². The monoisotopic (exact) mass is 2320 g/mol. The Balaban J connectivity index is 0.000000186. The Morgan fingerprint density at radius 2 is 0.884 bits per heavy atom. The third kappa shape index (κ3) is 38.5. The van der Waals surface area contributed by atoms with Crippen LogP contribution in [0.15, 0.2) is 265 Å². The summed E-state index contributed by atoms with van der Waals surface area (Å²) in [7, 11) is 1.34. The van der Waals surface area contributed by atoms with Gasteiger partial charge in [-0.2, -0.15) is 30.6 Å². The number of hydrogen-bond acceptors (Lipinski definition) is 25. The summed E-state index contributed by atoms with van der Waals surface area (Å²) in [5.74, 6) is 0.677. The zero-order valence-electron chi connectivity index (χ0n) is 80.9. The van der Waals surface area contributed by atoms with Crippen molar-refractivity contribution in [2.24, 2.45) is 17.6 Å². The summed E-state index contributed by atoms with van der Waals surface area (Å²) in [6.07, 6.45) is 15.2. The van der Waals surface area contributed by atoms with Crippen molar-refractivity contribution in [1.29, 1.82) is 0 Å². The number of aliphatic hydroxyl groups excluding tert-OH is 1. The molecule has 0 bridgehead atoms. The number of carbonyl (C=O) groups excluding carboxylic acids is 5. The number of esters is 1.